The van der Waals surface area contributed by atoms with Crippen LogP contribution in [0, 0.1) is 0 Å². The molecular weight excluding hydrogens is 419 g/mol. The number of guanidine groups is 1. The van der Waals surface area contributed by atoms with Gasteiger partial charge in [0, 0.05) is 52.6 Å². The lowest BCUT2D eigenvalue weighted by Crippen LogP contribution is -2.42. The van der Waals surface area contributed by atoms with E-state index in [1.54, 1.807) is 13.3 Å². The van der Waals surface area contributed by atoms with E-state index in [2.05, 4.69) is 32.5 Å². The highest BCUT2D eigenvalue weighted by molar-refractivity contribution is 14.0. The molecule has 0 atom stereocenters. The summed E-state index contributed by atoms with van der Waals surface area (Å²) in [4.78, 5) is 7.13. The Morgan fingerprint density at radius 3 is 2.79 bits per heavy atom. The molecule has 0 aliphatic heterocycles. The van der Waals surface area contributed by atoms with Gasteiger partial charge in [-0.25, -0.2) is 4.99 Å². The van der Waals surface area contributed by atoms with Gasteiger partial charge in [0.25, 0.3) is 0 Å². The Balaban J connectivity index is 0.00000288. The predicted molar refractivity (Wildman–Crippen MR) is 108 cm³/mol. The van der Waals surface area contributed by atoms with Gasteiger partial charge in [-0.2, -0.15) is 5.10 Å². The standard InChI is InChI=1S/C16H30N6O.HI/c1-4-17-16(19-13-15-7-8-20-21(15)2)18-9-10-22(11-12-23-3)14-5-6-14;/h7-8,14H,4-6,9-13H2,1-3H3,(H2,17,18,19);1H. The molecule has 1 aliphatic carbocycles. The molecule has 0 aromatic carbocycles. The first-order chi connectivity index (χ1) is 11.2. The number of aromatic nitrogens is 2. The fourth-order valence-electron chi connectivity index (χ4n) is 2.50. The minimum Gasteiger partial charge on any atom is -0.383 e. The van der Waals surface area contributed by atoms with Gasteiger partial charge in [0.1, 0.15) is 0 Å². The molecule has 1 saturated carbocycles. The molecule has 1 fully saturated rings. The Morgan fingerprint density at radius 2 is 2.21 bits per heavy atom. The summed E-state index contributed by atoms with van der Waals surface area (Å²) in [6.45, 7) is 7.27. The second-order valence-electron chi connectivity index (χ2n) is 5.83. The number of methoxy groups -OCH3 is 1. The van der Waals surface area contributed by atoms with E-state index in [-0.39, 0.29) is 24.0 Å². The van der Waals surface area contributed by atoms with Crippen molar-refractivity contribution in [2.24, 2.45) is 12.0 Å². The number of hydrogen-bond donors (Lipinski definition) is 2. The molecule has 0 spiro atoms. The van der Waals surface area contributed by atoms with Crippen LogP contribution in [0.4, 0.5) is 0 Å². The van der Waals surface area contributed by atoms with Crippen LogP contribution in [0.2, 0.25) is 0 Å². The fraction of sp³-hybridized carbons (Fsp3) is 0.750. The first-order valence-electron chi connectivity index (χ1n) is 8.46. The van der Waals surface area contributed by atoms with Gasteiger partial charge in [0.15, 0.2) is 5.96 Å². The summed E-state index contributed by atoms with van der Waals surface area (Å²) in [7, 11) is 3.70. The highest BCUT2D eigenvalue weighted by atomic mass is 127. The van der Waals surface area contributed by atoms with Gasteiger partial charge < -0.3 is 15.4 Å². The maximum Gasteiger partial charge on any atom is 0.191 e. The van der Waals surface area contributed by atoms with Crippen molar-refractivity contribution in [3.05, 3.63) is 18.0 Å². The van der Waals surface area contributed by atoms with Crippen LogP contribution < -0.4 is 10.6 Å². The zero-order chi connectivity index (χ0) is 16.5. The van der Waals surface area contributed by atoms with Crippen molar-refractivity contribution in [1.82, 2.24) is 25.3 Å². The topological polar surface area (TPSA) is 66.7 Å². The number of halogens is 1. The number of ether oxygens (including phenoxy) is 1. The monoisotopic (exact) mass is 450 g/mol. The van der Waals surface area contributed by atoms with E-state index < -0.39 is 0 Å². The van der Waals surface area contributed by atoms with E-state index in [1.807, 2.05) is 17.8 Å². The average Bonchev–Trinajstić information content (AvgIpc) is 3.31. The molecule has 0 saturated heterocycles. The lowest BCUT2D eigenvalue weighted by atomic mass is 10.4. The molecule has 8 heteroatoms. The first-order valence-corrected chi connectivity index (χ1v) is 8.46. The quantitative estimate of drug-likeness (QED) is 0.319. The summed E-state index contributed by atoms with van der Waals surface area (Å²) in [5.74, 6) is 0.858. The second kappa shape index (κ2) is 11.6. The molecule has 138 valence electrons. The van der Waals surface area contributed by atoms with Gasteiger partial charge in [-0.15, -0.1) is 24.0 Å². The van der Waals surface area contributed by atoms with Crippen LogP contribution in [-0.4, -0.2) is 66.6 Å². The van der Waals surface area contributed by atoms with Gasteiger partial charge in [-0.3, -0.25) is 9.58 Å². The van der Waals surface area contributed by atoms with Gasteiger partial charge in [0.05, 0.1) is 18.8 Å². The molecule has 1 aliphatic rings. The SMILES string of the molecule is CCNC(=NCc1ccnn1C)NCCN(CCOC)C1CC1.I. The van der Waals surface area contributed by atoms with Crippen LogP contribution in [0.5, 0.6) is 0 Å². The Morgan fingerprint density at radius 1 is 1.42 bits per heavy atom. The summed E-state index contributed by atoms with van der Waals surface area (Å²) in [6.07, 6.45) is 4.44. The molecule has 0 radical (unpaired) electrons. The molecule has 7 nitrogen and oxygen atoms in total. The van der Waals surface area contributed by atoms with Crippen molar-refractivity contribution in [3.63, 3.8) is 0 Å². The molecule has 2 rings (SSSR count). The van der Waals surface area contributed by atoms with Crippen molar-refractivity contribution in [2.75, 3.05) is 39.9 Å². The molecule has 1 heterocycles. The third kappa shape index (κ3) is 7.35. The van der Waals surface area contributed by atoms with Gasteiger partial charge in [0.2, 0.25) is 0 Å². The normalized spacial score (nSPS) is 14.6. The van der Waals surface area contributed by atoms with Crippen LogP contribution >= 0.6 is 24.0 Å². The fourth-order valence-corrected chi connectivity index (χ4v) is 2.50. The van der Waals surface area contributed by atoms with Crippen LogP contribution in [-0.2, 0) is 18.3 Å². The maximum absolute atomic E-state index is 5.20. The molecule has 24 heavy (non-hydrogen) atoms. The van der Waals surface area contributed by atoms with E-state index in [1.165, 1.54) is 12.8 Å². The van der Waals surface area contributed by atoms with Crippen LogP contribution in [0.25, 0.3) is 0 Å². The zero-order valence-electron chi connectivity index (χ0n) is 15.0. The van der Waals surface area contributed by atoms with E-state index in [4.69, 9.17) is 4.74 Å². The third-order valence-electron chi connectivity index (χ3n) is 4.00. The number of aliphatic imine (C=N–C) groups is 1. The van der Waals surface area contributed by atoms with Crippen LogP contribution in [0.15, 0.2) is 17.3 Å². The van der Waals surface area contributed by atoms with Crippen molar-refractivity contribution in [3.8, 4) is 0 Å². The smallest absolute Gasteiger partial charge is 0.191 e. The Kier molecular flexibility index (Phi) is 10.3. The lowest BCUT2D eigenvalue weighted by molar-refractivity contribution is 0.144. The van der Waals surface area contributed by atoms with Gasteiger partial charge in [-0.05, 0) is 25.8 Å². The summed E-state index contributed by atoms with van der Waals surface area (Å²) >= 11 is 0. The molecule has 0 unspecified atom stereocenters. The minimum atomic E-state index is 0. The molecule has 1 aromatic heterocycles. The third-order valence-corrected chi connectivity index (χ3v) is 4.00. The summed E-state index contributed by atoms with van der Waals surface area (Å²) in [6, 6.07) is 2.74. The van der Waals surface area contributed by atoms with Crippen LogP contribution in [0.1, 0.15) is 25.5 Å². The second-order valence-corrected chi connectivity index (χ2v) is 5.83. The molecular formula is C16H31IN6O. The van der Waals surface area contributed by atoms with Gasteiger partial charge in [-0.1, -0.05) is 0 Å². The summed E-state index contributed by atoms with van der Waals surface area (Å²) in [5, 5.41) is 10.9. The lowest BCUT2D eigenvalue weighted by Gasteiger charge is -2.22. The number of aryl methyl sites for hydroxylation is 1. The molecule has 1 aromatic rings. The minimum absolute atomic E-state index is 0. The maximum atomic E-state index is 5.20. The molecule has 0 bridgehead atoms. The van der Waals surface area contributed by atoms with Crippen molar-refractivity contribution >= 4 is 29.9 Å². The average molecular weight is 450 g/mol. The van der Waals surface area contributed by atoms with Crippen molar-refractivity contribution in [2.45, 2.75) is 32.4 Å². The Bertz CT molecular complexity index is 489. The van der Waals surface area contributed by atoms with Gasteiger partial charge >= 0.3 is 0 Å². The van der Waals surface area contributed by atoms with E-state index >= 15 is 0 Å². The number of nitrogens with one attached hydrogen (secondary N) is 2. The molecule has 0 amide bonds. The molecule has 2 N–H and O–H groups in total. The highest BCUT2D eigenvalue weighted by Crippen LogP contribution is 2.25. The van der Waals surface area contributed by atoms with E-state index in [9.17, 15) is 0 Å². The van der Waals surface area contributed by atoms with Crippen LogP contribution in [0.3, 0.4) is 0 Å². The summed E-state index contributed by atoms with van der Waals surface area (Å²) in [5.41, 5.74) is 1.10. The number of nitrogens with zero attached hydrogens (tertiary/aromatic N) is 4. The predicted octanol–water partition coefficient (Wildman–Crippen LogP) is 1.20. The van der Waals surface area contributed by atoms with E-state index in [0.717, 1.165) is 50.5 Å². The number of rotatable bonds is 10. The number of hydrogen-bond acceptors (Lipinski definition) is 4. The Labute approximate surface area is 162 Å². The zero-order valence-corrected chi connectivity index (χ0v) is 17.3. The largest absolute Gasteiger partial charge is 0.383 e. The van der Waals surface area contributed by atoms with Crippen molar-refractivity contribution < 1.29 is 4.74 Å². The highest BCUT2D eigenvalue weighted by Gasteiger charge is 2.28. The van der Waals surface area contributed by atoms with E-state index in [0.29, 0.717) is 6.54 Å². The first kappa shape index (κ1) is 21.2. The summed E-state index contributed by atoms with van der Waals surface area (Å²) < 4.78 is 7.05. The Hall–Kier alpha value is -0.870. The van der Waals surface area contributed by atoms with Crippen molar-refractivity contribution in [1.29, 1.82) is 0 Å².